The maximum absolute atomic E-state index is 13.2. The number of rotatable bonds is 7. The minimum absolute atomic E-state index is 0.00759. The van der Waals surface area contributed by atoms with Gasteiger partial charge in [-0.2, -0.15) is 4.31 Å². The fourth-order valence-corrected chi connectivity index (χ4v) is 6.24. The quantitative estimate of drug-likeness (QED) is 0.686. The van der Waals surface area contributed by atoms with Crippen molar-refractivity contribution < 1.29 is 18.0 Å². The van der Waals surface area contributed by atoms with Gasteiger partial charge < -0.3 is 10.2 Å². The summed E-state index contributed by atoms with van der Waals surface area (Å²) in [5, 5.41) is 2.87. The fraction of sp³-hybridized carbons (Fsp3) is 0.619. The summed E-state index contributed by atoms with van der Waals surface area (Å²) in [6.07, 6.45) is 5.77. The molecular weight excluding hydrogens is 422 g/mol. The van der Waals surface area contributed by atoms with E-state index in [4.69, 9.17) is 0 Å². The first-order valence-electron chi connectivity index (χ1n) is 10.6. The average molecular weight is 454 g/mol. The maximum Gasteiger partial charge on any atom is 0.243 e. The van der Waals surface area contributed by atoms with Crippen molar-refractivity contribution in [1.29, 1.82) is 0 Å². The number of fused-ring (bicyclic) bond motifs is 1. The SMILES string of the molecule is CCC(C)NC(=O)CN1C(=O)CSc2ccc(S(=O)(=O)N(C)C3CCCCC3)cc21. The van der Waals surface area contributed by atoms with Gasteiger partial charge in [-0.05, 0) is 44.4 Å². The van der Waals surface area contributed by atoms with E-state index in [1.54, 1.807) is 25.2 Å². The van der Waals surface area contributed by atoms with Crippen molar-refractivity contribution >= 4 is 39.3 Å². The number of carbonyl (C=O) groups is 2. The van der Waals surface area contributed by atoms with E-state index in [-0.39, 0.29) is 41.1 Å². The number of anilines is 1. The van der Waals surface area contributed by atoms with Crippen LogP contribution in [0.4, 0.5) is 5.69 Å². The predicted octanol–water partition coefficient (Wildman–Crippen LogP) is 2.99. The molecule has 9 heteroatoms. The Labute approximate surface area is 183 Å². The zero-order valence-corrected chi connectivity index (χ0v) is 19.5. The summed E-state index contributed by atoms with van der Waals surface area (Å²) >= 11 is 1.37. The highest BCUT2D eigenvalue weighted by atomic mass is 32.2. The molecule has 1 saturated carbocycles. The van der Waals surface area contributed by atoms with E-state index in [9.17, 15) is 18.0 Å². The molecule has 1 unspecified atom stereocenters. The van der Waals surface area contributed by atoms with Gasteiger partial charge in [-0.25, -0.2) is 8.42 Å². The van der Waals surface area contributed by atoms with Gasteiger partial charge in [0.15, 0.2) is 0 Å². The number of amides is 2. The Hall–Kier alpha value is -1.58. The van der Waals surface area contributed by atoms with Crippen LogP contribution in [0.3, 0.4) is 0 Å². The smallest absolute Gasteiger partial charge is 0.243 e. The molecule has 0 radical (unpaired) electrons. The molecule has 1 aromatic rings. The topological polar surface area (TPSA) is 86.8 Å². The van der Waals surface area contributed by atoms with Gasteiger partial charge in [-0.1, -0.05) is 26.2 Å². The number of nitrogens with zero attached hydrogens (tertiary/aromatic N) is 2. The molecular formula is C21H31N3O4S2. The molecule has 1 atom stereocenters. The highest BCUT2D eigenvalue weighted by Crippen LogP contribution is 2.38. The maximum atomic E-state index is 13.2. The van der Waals surface area contributed by atoms with Gasteiger partial charge in [0.05, 0.1) is 16.3 Å². The molecule has 30 heavy (non-hydrogen) atoms. The molecule has 0 bridgehead atoms. The summed E-state index contributed by atoms with van der Waals surface area (Å²) in [7, 11) is -2.04. The van der Waals surface area contributed by atoms with Crippen LogP contribution in [0.5, 0.6) is 0 Å². The predicted molar refractivity (Wildman–Crippen MR) is 119 cm³/mol. The zero-order valence-electron chi connectivity index (χ0n) is 17.9. The molecule has 3 rings (SSSR count). The second-order valence-corrected chi connectivity index (χ2v) is 11.1. The number of hydrogen-bond acceptors (Lipinski definition) is 5. The summed E-state index contributed by atoms with van der Waals surface area (Å²) in [5.41, 5.74) is 0.494. The summed E-state index contributed by atoms with van der Waals surface area (Å²) < 4.78 is 28.0. The molecule has 2 aliphatic rings. The lowest BCUT2D eigenvalue weighted by Gasteiger charge is -2.32. The molecule has 1 fully saturated rings. The van der Waals surface area contributed by atoms with E-state index in [2.05, 4.69) is 5.32 Å². The van der Waals surface area contributed by atoms with Gasteiger partial charge in [0.1, 0.15) is 6.54 Å². The number of thioether (sulfide) groups is 1. The average Bonchev–Trinajstić information content (AvgIpc) is 2.75. The molecule has 1 N–H and O–H groups in total. The molecule has 166 valence electrons. The third-order valence-corrected chi connectivity index (χ3v) is 8.91. The van der Waals surface area contributed by atoms with Crippen LogP contribution < -0.4 is 10.2 Å². The van der Waals surface area contributed by atoms with Crippen molar-refractivity contribution in [2.24, 2.45) is 0 Å². The van der Waals surface area contributed by atoms with Crippen molar-refractivity contribution in [1.82, 2.24) is 9.62 Å². The van der Waals surface area contributed by atoms with E-state index in [0.29, 0.717) is 5.69 Å². The van der Waals surface area contributed by atoms with E-state index in [1.807, 2.05) is 13.8 Å². The lowest BCUT2D eigenvalue weighted by atomic mass is 9.96. The van der Waals surface area contributed by atoms with E-state index in [1.165, 1.54) is 21.0 Å². The molecule has 1 aliphatic carbocycles. The molecule has 0 saturated heterocycles. The summed E-state index contributed by atoms with van der Waals surface area (Å²) in [4.78, 5) is 27.3. The van der Waals surface area contributed by atoms with Gasteiger partial charge in [-0.15, -0.1) is 11.8 Å². The summed E-state index contributed by atoms with van der Waals surface area (Å²) in [6, 6.07) is 4.92. The Balaban J connectivity index is 1.87. The van der Waals surface area contributed by atoms with Crippen molar-refractivity contribution in [3.63, 3.8) is 0 Å². The molecule has 2 amide bonds. The monoisotopic (exact) mass is 453 g/mol. The van der Waals surface area contributed by atoms with Crippen LogP contribution in [-0.4, -0.2) is 56.0 Å². The fourth-order valence-electron chi connectivity index (χ4n) is 3.89. The van der Waals surface area contributed by atoms with Crippen LogP contribution in [0.15, 0.2) is 28.0 Å². The van der Waals surface area contributed by atoms with Crippen molar-refractivity contribution in [3.8, 4) is 0 Å². The van der Waals surface area contributed by atoms with E-state index < -0.39 is 10.0 Å². The Morgan fingerprint density at radius 2 is 2.00 bits per heavy atom. The number of nitrogens with one attached hydrogen (secondary N) is 1. The molecule has 1 aromatic carbocycles. The molecule has 1 aliphatic heterocycles. The number of carbonyl (C=O) groups excluding carboxylic acids is 2. The minimum Gasteiger partial charge on any atom is -0.352 e. The summed E-state index contributed by atoms with van der Waals surface area (Å²) in [6.45, 7) is 3.77. The molecule has 0 aromatic heterocycles. The van der Waals surface area contributed by atoms with Gasteiger partial charge in [0.2, 0.25) is 21.8 Å². The lowest BCUT2D eigenvalue weighted by molar-refractivity contribution is -0.123. The lowest BCUT2D eigenvalue weighted by Crippen LogP contribution is -2.45. The van der Waals surface area contributed by atoms with Gasteiger partial charge in [0, 0.05) is 24.0 Å². The number of hydrogen-bond donors (Lipinski definition) is 1. The Morgan fingerprint density at radius 3 is 2.67 bits per heavy atom. The third-order valence-electron chi connectivity index (χ3n) is 5.96. The second kappa shape index (κ2) is 9.70. The van der Waals surface area contributed by atoms with Gasteiger partial charge >= 0.3 is 0 Å². The molecule has 0 spiro atoms. The van der Waals surface area contributed by atoms with Crippen LogP contribution in [0.1, 0.15) is 52.4 Å². The molecule has 7 nitrogen and oxygen atoms in total. The minimum atomic E-state index is -3.68. The van der Waals surface area contributed by atoms with Crippen LogP contribution in [0.2, 0.25) is 0 Å². The standard InChI is InChI=1S/C21H31N3O4S2/c1-4-15(2)22-20(25)13-24-18-12-17(10-11-19(18)29-14-21(24)26)30(27,28)23(3)16-8-6-5-7-9-16/h10-12,15-16H,4-9,13-14H2,1-3H3,(H,22,25). The number of benzene rings is 1. The van der Waals surface area contributed by atoms with Crippen molar-refractivity contribution in [2.75, 3.05) is 24.2 Å². The summed E-state index contributed by atoms with van der Waals surface area (Å²) in [5.74, 6) is -0.206. The van der Waals surface area contributed by atoms with E-state index >= 15 is 0 Å². The second-order valence-electron chi connectivity index (χ2n) is 8.09. The first-order valence-corrected chi connectivity index (χ1v) is 13.0. The van der Waals surface area contributed by atoms with Crippen molar-refractivity contribution in [2.45, 2.75) is 74.2 Å². The first-order chi connectivity index (χ1) is 14.2. The number of sulfonamides is 1. The van der Waals surface area contributed by atoms with Crippen LogP contribution in [0.25, 0.3) is 0 Å². The Kier molecular flexibility index (Phi) is 7.47. The van der Waals surface area contributed by atoms with Gasteiger partial charge in [-0.3, -0.25) is 9.59 Å². The highest BCUT2D eigenvalue weighted by molar-refractivity contribution is 8.00. The molecule has 1 heterocycles. The Morgan fingerprint density at radius 1 is 1.30 bits per heavy atom. The first kappa shape index (κ1) is 23.1. The van der Waals surface area contributed by atoms with Crippen LogP contribution in [-0.2, 0) is 19.6 Å². The van der Waals surface area contributed by atoms with Crippen LogP contribution in [0, 0.1) is 0 Å². The highest BCUT2D eigenvalue weighted by Gasteiger charge is 2.32. The van der Waals surface area contributed by atoms with E-state index in [0.717, 1.165) is 43.4 Å². The largest absolute Gasteiger partial charge is 0.352 e. The zero-order chi connectivity index (χ0) is 21.9. The van der Waals surface area contributed by atoms with Gasteiger partial charge in [0.25, 0.3) is 0 Å². The third kappa shape index (κ3) is 5.00. The Bertz CT molecular complexity index is 898. The normalized spacial score (nSPS) is 18.9. The van der Waals surface area contributed by atoms with Crippen LogP contribution >= 0.6 is 11.8 Å². The van der Waals surface area contributed by atoms with Crippen molar-refractivity contribution in [3.05, 3.63) is 18.2 Å².